The van der Waals surface area contributed by atoms with Crippen LogP contribution >= 0.6 is 0 Å². The van der Waals surface area contributed by atoms with Crippen LogP contribution in [0.1, 0.15) is 62.6 Å². The molecule has 0 aromatic heterocycles. The number of phenolic OH excluding ortho intramolecular Hbond substituents is 2. The van der Waals surface area contributed by atoms with Gasteiger partial charge in [-0.2, -0.15) is 0 Å². The van der Waals surface area contributed by atoms with Crippen LogP contribution in [-0.2, 0) is 38.3 Å². The van der Waals surface area contributed by atoms with E-state index < -0.39 is 0 Å². The monoisotopic (exact) mass is 596 g/mol. The molecule has 232 valence electrons. The van der Waals surface area contributed by atoms with E-state index in [1.54, 1.807) is 37.3 Å². The first-order chi connectivity index (χ1) is 20.8. The highest BCUT2D eigenvalue weighted by molar-refractivity contribution is 5.73. The van der Waals surface area contributed by atoms with Crippen molar-refractivity contribution >= 4 is 11.9 Å². The molecule has 0 heterocycles. The third kappa shape index (κ3) is 9.91. The first-order valence-electron chi connectivity index (χ1n) is 14.7. The van der Waals surface area contributed by atoms with Crippen LogP contribution in [0.15, 0.2) is 48.5 Å². The summed E-state index contributed by atoms with van der Waals surface area (Å²) < 4.78 is 35.0. The van der Waals surface area contributed by atoms with E-state index in [4.69, 9.17) is 14.2 Å². The maximum Gasteiger partial charge on any atom is 0.306 e. The number of hydrogen-bond donors (Lipinski definition) is 2. The maximum atomic E-state index is 13.3. The van der Waals surface area contributed by atoms with E-state index in [-0.39, 0.29) is 48.7 Å². The number of unbranched alkanes of at least 4 members (excludes halogenated alkanes) is 1. The number of esters is 2. The Hall–Kier alpha value is -4.27. The molecule has 0 saturated heterocycles. The Morgan fingerprint density at radius 3 is 2.19 bits per heavy atom. The predicted octanol–water partition coefficient (Wildman–Crippen LogP) is 6.70. The van der Waals surface area contributed by atoms with Gasteiger partial charge in [-0.15, -0.1) is 0 Å². The zero-order valence-corrected chi connectivity index (χ0v) is 25.1. The minimum absolute atomic E-state index is 0.0437. The van der Waals surface area contributed by atoms with Crippen molar-refractivity contribution in [2.24, 2.45) is 0 Å². The quantitative estimate of drug-likeness (QED) is 0.131. The number of rotatable bonds is 17. The van der Waals surface area contributed by atoms with E-state index in [0.717, 1.165) is 11.1 Å². The van der Waals surface area contributed by atoms with Crippen LogP contribution in [-0.4, -0.2) is 49.1 Å². The Labute approximate surface area is 252 Å². The van der Waals surface area contributed by atoms with Crippen LogP contribution in [0.25, 0.3) is 11.1 Å². The number of carbonyl (C=O) groups excluding carboxylic acids is 2. The molecule has 0 unspecified atom stereocenters. The molecule has 0 aliphatic heterocycles. The highest BCUT2D eigenvalue weighted by Gasteiger charge is 2.17. The van der Waals surface area contributed by atoms with E-state index in [9.17, 15) is 24.2 Å². The summed E-state index contributed by atoms with van der Waals surface area (Å²) in [4.78, 5) is 23.4. The van der Waals surface area contributed by atoms with Gasteiger partial charge in [-0.3, -0.25) is 9.59 Å². The van der Waals surface area contributed by atoms with Crippen molar-refractivity contribution in [2.45, 2.75) is 65.2 Å². The lowest BCUT2D eigenvalue weighted by Gasteiger charge is -2.17. The van der Waals surface area contributed by atoms with Crippen molar-refractivity contribution in [3.63, 3.8) is 0 Å². The minimum Gasteiger partial charge on any atom is -0.507 e. The number of benzene rings is 3. The second-order valence-electron chi connectivity index (χ2n) is 10.0. The van der Waals surface area contributed by atoms with Gasteiger partial charge in [0.05, 0.1) is 26.9 Å². The Morgan fingerprint density at radius 2 is 1.51 bits per heavy atom. The largest absolute Gasteiger partial charge is 0.507 e. The SMILES string of the molecule is CCOC(=O)CCc1c(OCCCOc2cc(O)c(-c3ccc(F)cc3)cc2CC)ccc(CCCCC(=O)OC)c1O. The summed E-state index contributed by atoms with van der Waals surface area (Å²) in [7, 11) is 1.36. The van der Waals surface area contributed by atoms with Crippen molar-refractivity contribution < 1.29 is 43.1 Å². The molecule has 0 saturated carbocycles. The number of aryl methyl sites for hydroxylation is 2. The molecule has 8 nitrogen and oxygen atoms in total. The topological polar surface area (TPSA) is 112 Å². The molecule has 2 N–H and O–H groups in total. The van der Waals surface area contributed by atoms with Crippen molar-refractivity contribution in [2.75, 3.05) is 26.9 Å². The number of hydrogen-bond acceptors (Lipinski definition) is 8. The molecule has 0 atom stereocenters. The molecule has 3 aromatic rings. The van der Waals surface area contributed by atoms with E-state index in [0.29, 0.717) is 79.9 Å². The molecule has 0 bridgehead atoms. The Balaban J connectivity index is 1.62. The molecule has 0 radical (unpaired) electrons. The minimum atomic E-state index is -0.356. The summed E-state index contributed by atoms with van der Waals surface area (Å²) in [5.41, 5.74) is 3.48. The van der Waals surface area contributed by atoms with Gasteiger partial charge in [0.1, 0.15) is 28.8 Å². The van der Waals surface area contributed by atoms with E-state index >= 15 is 0 Å². The van der Waals surface area contributed by atoms with Gasteiger partial charge >= 0.3 is 11.9 Å². The third-order valence-corrected chi connectivity index (χ3v) is 7.03. The van der Waals surface area contributed by atoms with Gasteiger partial charge < -0.3 is 29.2 Å². The molecule has 3 aromatic carbocycles. The molecule has 0 aliphatic rings. The smallest absolute Gasteiger partial charge is 0.306 e. The van der Waals surface area contributed by atoms with Crippen molar-refractivity contribution in [1.82, 2.24) is 0 Å². The maximum absolute atomic E-state index is 13.3. The van der Waals surface area contributed by atoms with Crippen molar-refractivity contribution in [3.8, 4) is 34.1 Å². The van der Waals surface area contributed by atoms with Gasteiger partial charge in [0.2, 0.25) is 0 Å². The van der Waals surface area contributed by atoms with E-state index in [1.165, 1.54) is 19.2 Å². The molecular weight excluding hydrogens is 555 g/mol. The molecular formula is C34H41FO8. The second-order valence-corrected chi connectivity index (χ2v) is 10.0. The fourth-order valence-corrected chi connectivity index (χ4v) is 4.70. The van der Waals surface area contributed by atoms with Crippen molar-refractivity contribution in [3.05, 3.63) is 71.0 Å². The van der Waals surface area contributed by atoms with Crippen LogP contribution in [0.2, 0.25) is 0 Å². The standard InChI is InChI=1S/C34H41FO8/c1-4-23-21-28(24-11-14-26(35)15-12-24)29(36)22-31(23)43-20-8-19-42-30-17-13-25(9-6-7-10-32(37)40-3)34(39)27(30)16-18-33(38)41-5-2/h11-15,17,21-22,36,39H,4-10,16,18-20H2,1-3H3. The predicted molar refractivity (Wildman–Crippen MR) is 161 cm³/mol. The average Bonchev–Trinajstić information content (AvgIpc) is 3.00. The zero-order chi connectivity index (χ0) is 31.2. The average molecular weight is 597 g/mol. The van der Waals surface area contributed by atoms with Crippen LogP contribution in [0.3, 0.4) is 0 Å². The molecule has 3 rings (SSSR count). The molecule has 0 spiro atoms. The fourth-order valence-electron chi connectivity index (χ4n) is 4.70. The summed E-state index contributed by atoms with van der Waals surface area (Å²) >= 11 is 0. The number of phenols is 2. The van der Waals surface area contributed by atoms with Gasteiger partial charge in [-0.1, -0.05) is 25.1 Å². The van der Waals surface area contributed by atoms with Crippen LogP contribution in [0, 0.1) is 5.82 Å². The van der Waals surface area contributed by atoms with Crippen LogP contribution in [0.5, 0.6) is 23.0 Å². The summed E-state index contributed by atoms with van der Waals surface area (Å²) in [6, 6.07) is 13.0. The number of ether oxygens (including phenoxy) is 4. The first kappa shape index (κ1) is 33.2. The summed E-state index contributed by atoms with van der Waals surface area (Å²) in [5.74, 6) is 0.209. The van der Waals surface area contributed by atoms with Crippen LogP contribution in [0.4, 0.5) is 4.39 Å². The van der Waals surface area contributed by atoms with Gasteiger partial charge in [0.25, 0.3) is 0 Å². The lowest BCUT2D eigenvalue weighted by atomic mass is 9.99. The molecule has 9 heteroatoms. The van der Waals surface area contributed by atoms with Crippen LogP contribution < -0.4 is 9.47 Å². The third-order valence-electron chi connectivity index (χ3n) is 7.03. The molecule has 0 fully saturated rings. The normalized spacial score (nSPS) is 10.8. The highest BCUT2D eigenvalue weighted by atomic mass is 19.1. The number of carbonyl (C=O) groups is 2. The summed E-state index contributed by atoms with van der Waals surface area (Å²) in [6.07, 6.45) is 3.77. The van der Waals surface area contributed by atoms with E-state index in [1.807, 2.05) is 13.0 Å². The lowest BCUT2D eigenvalue weighted by Crippen LogP contribution is -2.09. The van der Waals surface area contributed by atoms with Gasteiger partial charge in [-0.05, 0) is 80.0 Å². The second kappa shape index (κ2) is 17.0. The summed E-state index contributed by atoms with van der Waals surface area (Å²) in [5, 5.41) is 21.6. The molecule has 0 amide bonds. The lowest BCUT2D eigenvalue weighted by molar-refractivity contribution is -0.143. The Bertz CT molecular complexity index is 1350. The fraction of sp³-hybridized carbons (Fsp3) is 0.412. The molecule has 0 aliphatic carbocycles. The molecule has 43 heavy (non-hydrogen) atoms. The number of methoxy groups -OCH3 is 1. The first-order valence-corrected chi connectivity index (χ1v) is 14.7. The van der Waals surface area contributed by atoms with Gasteiger partial charge in [0, 0.05) is 36.5 Å². The number of aromatic hydroxyl groups is 2. The summed E-state index contributed by atoms with van der Waals surface area (Å²) in [6.45, 7) is 4.63. The van der Waals surface area contributed by atoms with Gasteiger partial charge in [-0.25, -0.2) is 4.39 Å². The van der Waals surface area contributed by atoms with Crippen molar-refractivity contribution in [1.29, 1.82) is 0 Å². The highest BCUT2D eigenvalue weighted by Crippen LogP contribution is 2.36. The van der Waals surface area contributed by atoms with E-state index in [2.05, 4.69) is 4.74 Å². The Morgan fingerprint density at radius 1 is 0.791 bits per heavy atom. The Kier molecular flexibility index (Phi) is 13.1. The zero-order valence-electron chi connectivity index (χ0n) is 25.1. The van der Waals surface area contributed by atoms with Gasteiger partial charge in [0.15, 0.2) is 0 Å². The number of halogens is 1.